The first-order chi connectivity index (χ1) is 17.0. The minimum Gasteiger partial charge on any atom is -0.493 e. The molecular formula is C28H20BrFN2O3. The molecule has 1 amide bonds. The molecule has 1 N–H and O–H groups in total. The SMILES string of the molecule is COc1cc(/C=C(/C#N)C(=O)Nc2ccccc2F)c(Br)cc1OCc1cccc2ccccc12. The third-order valence-electron chi connectivity index (χ3n) is 5.33. The number of halogens is 2. The van der Waals surface area contributed by atoms with Crippen LogP contribution >= 0.6 is 15.9 Å². The van der Waals surface area contributed by atoms with Gasteiger partial charge in [-0.05, 0) is 52.2 Å². The van der Waals surface area contributed by atoms with Gasteiger partial charge in [-0.1, -0.05) is 70.5 Å². The van der Waals surface area contributed by atoms with Crippen LogP contribution in [0.2, 0.25) is 0 Å². The van der Waals surface area contributed by atoms with Gasteiger partial charge in [0, 0.05) is 4.47 Å². The van der Waals surface area contributed by atoms with Crippen molar-refractivity contribution in [3.63, 3.8) is 0 Å². The number of nitrogens with zero attached hydrogens (tertiary/aromatic N) is 1. The normalized spacial score (nSPS) is 11.1. The lowest BCUT2D eigenvalue weighted by Crippen LogP contribution is -2.14. The van der Waals surface area contributed by atoms with Gasteiger partial charge in [-0.2, -0.15) is 5.26 Å². The van der Waals surface area contributed by atoms with E-state index in [1.54, 1.807) is 18.2 Å². The van der Waals surface area contributed by atoms with E-state index in [1.165, 1.54) is 31.4 Å². The van der Waals surface area contributed by atoms with E-state index in [4.69, 9.17) is 9.47 Å². The molecule has 0 aliphatic heterocycles. The molecule has 35 heavy (non-hydrogen) atoms. The number of nitriles is 1. The van der Waals surface area contributed by atoms with Crippen LogP contribution in [0.15, 0.2) is 88.9 Å². The highest BCUT2D eigenvalue weighted by atomic mass is 79.9. The fourth-order valence-electron chi connectivity index (χ4n) is 3.56. The van der Waals surface area contributed by atoms with Gasteiger partial charge in [0.1, 0.15) is 24.1 Å². The van der Waals surface area contributed by atoms with Gasteiger partial charge in [0.15, 0.2) is 11.5 Å². The number of ether oxygens (including phenoxy) is 2. The Morgan fingerprint density at radius 3 is 2.57 bits per heavy atom. The standard InChI is InChI=1S/C28H20BrFN2O3/c1-34-26-14-20(13-21(16-31)28(33)32-25-12-5-4-11-24(25)30)23(29)15-27(26)35-17-19-9-6-8-18-7-2-3-10-22(18)19/h2-15H,17H2,1H3,(H,32,33)/b21-13-. The molecule has 0 unspecified atom stereocenters. The van der Waals surface area contributed by atoms with Crippen LogP contribution in [0.25, 0.3) is 16.8 Å². The third-order valence-corrected chi connectivity index (χ3v) is 6.02. The topological polar surface area (TPSA) is 71.3 Å². The van der Waals surface area contributed by atoms with E-state index < -0.39 is 11.7 Å². The molecule has 0 fully saturated rings. The van der Waals surface area contributed by atoms with Crippen molar-refractivity contribution in [2.45, 2.75) is 6.61 Å². The zero-order chi connectivity index (χ0) is 24.8. The second kappa shape index (κ2) is 10.9. The van der Waals surface area contributed by atoms with Gasteiger partial charge in [0.05, 0.1) is 12.8 Å². The van der Waals surface area contributed by atoms with E-state index >= 15 is 0 Å². The summed E-state index contributed by atoms with van der Waals surface area (Å²) in [6.07, 6.45) is 1.40. The van der Waals surface area contributed by atoms with Crippen molar-refractivity contribution < 1.29 is 18.7 Å². The van der Waals surface area contributed by atoms with Crippen LogP contribution in [0.4, 0.5) is 10.1 Å². The maximum Gasteiger partial charge on any atom is 0.266 e. The lowest BCUT2D eigenvalue weighted by Gasteiger charge is -2.14. The largest absolute Gasteiger partial charge is 0.493 e. The summed E-state index contributed by atoms with van der Waals surface area (Å²) in [5.74, 6) is -0.376. The summed E-state index contributed by atoms with van der Waals surface area (Å²) in [7, 11) is 1.51. The molecule has 0 aliphatic carbocycles. The number of amides is 1. The minimum absolute atomic E-state index is 0.00696. The molecule has 0 aromatic heterocycles. The van der Waals surface area contributed by atoms with Gasteiger partial charge in [0.25, 0.3) is 5.91 Å². The number of methoxy groups -OCH3 is 1. The summed E-state index contributed by atoms with van der Waals surface area (Å²) in [6, 6.07) is 25.1. The van der Waals surface area contributed by atoms with Crippen LogP contribution < -0.4 is 14.8 Å². The summed E-state index contributed by atoms with van der Waals surface area (Å²) in [5.41, 5.74) is 1.36. The second-order valence-corrected chi connectivity index (χ2v) is 8.41. The second-order valence-electron chi connectivity index (χ2n) is 7.56. The molecule has 4 aromatic rings. The predicted octanol–water partition coefficient (Wildman–Crippen LogP) is 6.87. The molecule has 7 heteroatoms. The summed E-state index contributed by atoms with van der Waals surface area (Å²) in [4.78, 5) is 12.6. The number of nitrogens with one attached hydrogen (secondary N) is 1. The highest BCUT2D eigenvalue weighted by Crippen LogP contribution is 2.35. The lowest BCUT2D eigenvalue weighted by atomic mass is 10.1. The number of hydrogen-bond acceptors (Lipinski definition) is 4. The average Bonchev–Trinajstić information content (AvgIpc) is 2.88. The van der Waals surface area contributed by atoms with Gasteiger partial charge in [-0.3, -0.25) is 4.79 Å². The number of fused-ring (bicyclic) bond motifs is 1. The first kappa shape index (κ1) is 24.0. The summed E-state index contributed by atoms with van der Waals surface area (Å²) < 4.78 is 26.0. The first-order valence-electron chi connectivity index (χ1n) is 10.6. The highest BCUT2D eigenvalue weighted by molar-refractivity contribution is 9.10. The molecular weight excluding hydrogens is 511 g/mol. The maximum absolute atomic E-state index is 13.9. The predicted molar refractivity (Wildman–Crippen MR) is 138 cm³/mol. The Hall–Kier alpha value is -4.15. The highest BCUT2D eigenvalue weighted by Gasteiger charge is 2.15. The Kier molecular flexibility index (Phi) is 7.44. The Balaban J connectivity index is 1.58. The Morgan fingerprint density at radius 1 is 1.06 bits per heavy atom. The van der Waals surface area contributed by atoms with Crippen LogP contribution in [0.5, 0.6) is 11.5 Å². The van der Waals surface area contributed by atoms with Crippen molar-refractivity contribution in [3.05, 3.63) is 106 Å². The fourth-order valence-corrected chi connectivity index (χ4v) is 4.00. The minimum atomic E-state index is -0.722. The number of carbonyl (C=O) groups is 1. The molecule has 174 valence electrons. The van der Waals surface area contributed by atoms with Crippen LogP contribution in [-0.4, -0.2) is 13.0 Å². The number of benzene rings is 4. The number of carbonyl (C=O) groups excluding carboxylic acids is 1. The summed E-state index contributed by atoms with van der Waals surface area (Å²) in [5, 5.41) is 14.2. The van der Waals surface area contributed by atoms with Crippen LogP contribution in [-0.2, 0) is 11.4 Å². The average molecular weight is 531 g/mol. The van der Waals surface area contributed by atoms with E-state index in [9.17, 15) is 14.4 Å². The molecule has 0 bridgehead atoms. The molecule has 0 saturated carbocycles. The molecule has 5 nitrogen and oxygen atoms in total. The Labute approximate surface area is 210 Å². The van der Waals surface area contributed by atoms with Crippen molar-refractivity contribution in [2.75, 3.05) is 12.4 Å². The number of rotatable bonds is 7. The van der Waals surface area contributed by atoms with Crippen molar-refractivity contribution in [1.29, 1.82) is 5.26 Å². The van der Waals surface area contributed by atoms with Crippen molar-refractivity contribution in [1.82, 2.24) is 0 Å². The van der Waals surface area contributed by atoms with E-state index in [2.05, 4.69) is 21.2 Å². The molecule has 0 heterocycles. The van der Waals surface area contributed by atoms with Gasteiger partial charge in [-0.15, -0.1) is 0 Å². The number of hydrogen-bond donors (Lipinski definition) is 1. The van der Waals surface area contributed by atoms with Crippen LogP contribution in [0.1, 0.15) is 11.1 Å². The molecule has 0 saturated heterocycles. The zero-order valence-electron chi connectivity index (χ0n) is 18.7. The number of anilines is 1. The monoisotopic (exact) mass is 530 g/mol. The molecule has 4 rings (SSSR count). The summed E-state index contributed by atoms with van der Waals surface area (Å²) >= 11 is 3.48. The van der Waals surface area contributed by atoms with Crippen molar-refractivity contribution >= 4 is 44.4 Å². The van der Waals surface area contributed by atoms with Gasteiger partial charge in [0.2, 0.25) is 0 Å². The fraction of sp³-hybridized carbons (Fsp3) is 0.0714. The van der Waals surface area contributed by atoms with Gasteiger partial charge in [-0.25, -0.2) is 4.39 Å². The van der Waals surface area contributed by atoms with Gasteiger partial charge < -0.3 is 14.8 Å². The Morgan fingerprint density at radius 2 is 1.80 bits per heavy atom. The van der Waals surface area contributed by atoms with Crippen molar-refractivity contribution in [3.8, 4) is 17.6 Å². The molecule has 0 radical (unpaired) electrons. The van der Waals surface area contributed by atoms with E-state index in [1.807, 2.05) is 48.5 Å². The summed E-state index contributed by atoms with van der Waals surface area (Å²) in [6.45, 7) is 0.327. The van der Waals surface area contributed by atoms with Gasteiger partial charge >= 0.3 is 0 Å². The van der Waals surface area contributed by atoms with E-state index in [0.717, 1.165) is 16.3 Å². The molecule has 0 atom stereocenters. The maximum atomic E-state index is 13.9. The lowest BCUT2D eigenvalue weighted by molar-refractivity contribution is -0.112. The molecule has 0 aliphatic rings. The number of para-hydroxylation sites is 1. The van der Waals surface area contributed by atoms with E-state index in [0.29, 0.717) is 28.1 Å². The van der Waals surface area contributed by atoms with Crippen LogP contribution in [0.3, 0.4) is 0 Å². The quantitative estimate of drug-likeness (QED) is 0.209. The first-order valence-corrected chi connectivity index (χ1v) is 11.4. The molecule has 0 spiro atoms. The zero-order valence-corrected chi connectivity index (χ0v) is 20.3. The van der Waals surface area contributed by atoms with E-state index in [-0.39, 0.29) is 11.3 Å². The third kappa shape index (κ3) is 5.51. The molecule has 4 aromatic carbocycles. The smallest absolute Gasteiger partial charge is 0.266 e. The Bertz CT molecular complexity index is 1470. The van der Waals surface area contributed by atoms with Crippen molar-refractivity contribution in [2.24, 2.45) is 0 Å². The van der Waals surface area contributed by atoms with Crippen LogP contribution in [0, 0.1) is 17.1 Å².